The van der Waals surface area contributed by atoms with Crippen LogP contribution in [0.5, 0.6) is 0 Å². The topological polar surface area (TPSA) is 83.1 Å². The zero-order chi connectivity index (χ0) is 16.6. The van der Waals surface area contributed by atoms with Crippen molar-refractivity contribution >= 4 is 22.4 Å². The summed E-state index contributed by atoms with van der Waals surface area (Å²) in [5, 5.41) is 13.3. The van der Waals surface area contributed by atoms with E-state index in [1.165, 1.54) is 0 Å². The van der Waals surface area contributed by atoms with Crippen LogP contribution in [0, 0.1) is 6.92 Å². The second-order valence-electron chi connectivity index (χ2n) is 6.64. The number of H-pyrrole nitrogens is 1. The average molecular weight is 347 g/mol. The molecular weight excluding hydrogens is 326 g/mol. The molecule has 7 nitrogen and oxygen atoms in total. The van der Waals surface area contributed by atoms with Gasteiger partial charge in [0.15, 0.2) is 5.13 Å². The monoisotopic (exact) mass is 347 g/mol. The number of amides is 1. The number of thiazole rings is 1. The molecule has 2 N–H and O–H groups in total. The van der Waals surface area contributed by atoms with Crippen LogP contribution in [-0.2, 0) is 4.74 Å². The van der Waals surface area contributed by atoms with Crippen LogP contribution in [0.25, 0.3) is 0 Å². The lowest BCUT2D eigenvalue weighted by Crippen LogP contribution is -2.50. The Labute approximate surface area is 144 Å². The van der Waals surface area contributed by atoms with Gasteiger partial charge >= 0.3 is 0 Å². The van der Waals surface area contributed by atoms with Gasteiger partial charge in [0.1, 0.15) is 5.69 Å². The quantitative estimate of drug-likeness (QED) is 0.888. The van der Waals surface area contributed by atoms with Gasteiger partial charge in [-0.15, -0.1) is 11.3 Å². The van der Waals surface area contributed by atoms with Gasteiger partial charge in [-0.1, -0.05) is 0 Å². The van der Waals surface area contributed by atoms with Crippen LogP contribution in [0.1, 0.15) is 35.4 Å². The number of hydrogen-bond donors (Lipinski definition) is 2. The number of carbonyl (C=O) groups excluding carboxylic acids is 1. The molecule has 2 atom stereocenters. The third kappa shape index (κ3) is 3.03. The molecule has 4 heterocycles. The Morgan fingerprint density at radius 3 is 3.25 bits per heavy atom. The van der Waals surface area contributed by atoms with Crippen molar-refractivity contribution in [2.45, 2.75) is 37.8 Å². The Morgan fingerprint density at radius 2 is 2.50 bits per heavy atom. The zero-order valence-electron chi connectivity index (χ0n) is 13.6. The molecule has 0 saturated carbocycles. The molecule has 2 aliphatic rings. The predicted molar refractivity (Wildman–Crippen MR) is 91.3 cm³/mol. The number of anilines is 1. The number of ether oxygens (including phenoxy) is 1. The van der Waals surface area contributed by atoms with Gasteiger partial charge in [0.05, 0.1) is 24.8 Å². The van der Waals surface area contributed by atoms with Crippen molar-refractivity contribution in [2.24, 2.45) is 0 Å². The van der Waals surface area contributed by atoms with E-state index < -0.39 is 0 Å². The number of nitrogens with zero attached hydrogens (tertiary/aromatic N) is 3. The van der Waals surface area contributed by atoms with E-state index in [1.54, 1.807) is 23.6 Å². The number of hydrogen-bond acceptors (Lipinski definition) is 6. The van der Waals surface area contributed by atoms with Gasteiger partial charge in [0.25, 0.3) is 5.91 Å². The van der Waals surface area contributed by atoms with Crippen molar-refractivity contribution in [3.63, 3.8) is 0 Å². The van der Waals surface area contributed by atoms with Gasteiger partial charge in [0, 0.05) is 30.2 Å². The van der Waals surface area contributed by atoms with E-state index in [0.717, 1.165) is 36.6 Å². The smallest absolute Gasteiger partial charge is 0.274 e. The summed E-state index contributed by atoms with van der Waals surface area (Å²) in [6.45, 7) is 3.95. The minimum absolute atomic E-state index is 0.0154. The summed E-state index contributed by atoms with van der Waals surface area (Å²) in [5.74, 6) is -0.0154. The molecule has 2 aromatic heterocycles. The second-order valence-corrected chi connectivity index (χ2v) is 7.54. The van der Waals surface area contributed by atoms with E-state index in [9.17, 15) is 4.79 Å². The molecule has 1 spiro atoms. The molecule has 0 radical (unpaired) electrons. The summed E-state index contributed by atoms with van der Waals surface area (Å²) < 4.78 is 6.16. The van der Waals surface area contributed by atoms with Gasteiger partial charge in [0.2, 0.25) is 0 Å². The highest BCUT2D eigenvalue weighted by Gasteiger charge is 2.45. The number of aryl methyl sites for hydroxylation is 1. The van der Waals surface area contributed by atoms with Crippen molar-refractivity contribution in [1.29, 1.82) is 0 Å². The molecule has 0 aromatic carbocycles. The predicted octanol–water partition coefficient (Wildman–Crippen LogP) is 2.05. The molecule has 0 bridgehead atoms. The fourth-order valence-electron chi connectivity index (χ4n) is 3.65. The Balaban J connectivity index is 1.42. The maximum absolute atomic E-state index is 12.7. The fourth-order valence-corrected chi connectivity index (χ4v) is 4.26. The van der Waals surface area contributed by atoms with Crippen LogP contribution in [0.15, 0.2) is 17.6 Å². The molecule has 1 amide bonds. The molecule has 2 saturated heterocycles. The standard InChI is InChI=1S/C16H21N5O2S/c1-11-7-13(20-19-11)14(22)21-5-2-3-16(10-21)8-12(9-23-16)18-15-17-4-6-24-15/h4,6-7,12H,2-3,5,8-10H2,1H3,(H,17,18)(H,19,20). The minimum Gasteiger partial charge on any atom is -0.371 e. The highest BCUT2D eigenvalue weighted by atomic mass is 32.1. The molecule has 128 valence electrons. The maximum atomic E-state index is 12.7. The third-order valence-electron chi connectivity index (χ3n) is 4.72. The summed E-state index contributed by atoms with van der Waals surface area (Å²) in [6.07, 6.45) is 4.65. The molecule has 8 heteroatoms. The van der Waals surface area contributed by atoms with Crippen LogP contribution in [0.4, 0.5) is 5.13 Å². The molecule has 4 rings (SSSR count). The highest BCUT2D eigenvalue weighted by molar-refractivity contribution is 7.13. The first-order chi connectivity index (χ1) is 11.6. The number of aromatic nitrogens is 3. The summed E-state index contributed by atoms with van der Waals surface area (Å²) in [7, 11) is 0. The van der Waals surface area contributed by atoms with Crippen molar-refractivity contribution in [3.05, 3.63) is 29.0 Å². The van der Waals surface area contributed by atoms with Crippen LogP contribution >= 0.6 is 11.3 Å². The van der Waals surface area contributed by atoms with Gasteiger partial charge < -0.3 is 15.0 Å². The fraction of sp³-hybridized carbons (Fsp3) is 0.562. The Bertz CT molecular complexity index is 716. The molecule has 2 aromatic rings. The van der Waals surface area contributed by atoms with E-state index in [0.29, 0.717) is 18.8 Å². The van der Waals surface area contributed by atoms with Crippen LogP contribution < -0.4 is 5.32 Å². The number of carbonyl (C=O) groups is 1. The van der Waals surface area contributed by atoms with E-state index in [1.807, 2.05) is 17.2 Å². The lowest BCUT2D eigenvalue weighted by molar-refractivity contribution is -0.0448. The number of aromatic amines is 1. The Hall–Kier alpha value is -1.93. The molecule has 0 aliphatic carbocycles. The van der Waals surface area contributed by atoms with E-state index in [-0.39, 0.29) is 17.6 Å². The molecule has 24 heavy (non-hydrogen) atoms. The Kier molecular flexibility index (Phi) is 4.01. The van der Waals surface area contributed by atoms with E-state index in [2.05, 4.69) is 20.5 Å². The number of likely N-dealkylation sites (tertiary alicyclic amines) is 1. The van der Waals surface area contributed by atoms with Crippen LogP contribution in [0.3, 0.4) is 0 Å². The third-order valence-corrected chi connectivity index (χ3v) is 5.43. The second kappa shape index (κ2) is 6.18. The molecular formula is C16H21N5O2S. The normalized spacial score (nSPS) is 26.9. The van der Waals surface area contributed by atoms with Crippen molar-refractivity contribution in [2.75, 3.05) is 25.0 Å². The largest absolute Gasteiger partial charge is 0.371 e. The lowest BCUT2D eigenvalue weighted by atomic mass is 9.88. The van der Waals surface area contributed by atoms with Crippen molar-refractivity contribution in [1.82, 2.24) is 20.1 Å². The number of piperidine rings is 1. The van der Waals surface area contributed by atoms with E-state index >= 15 is 0 Å². The first-order valence-corrected chi connectivity index (χ1v) is 9.13. The van der Waals surface area contributed by atoms with Gasteiger partial charge in [-0.3, -0.25) is 9.89 Å². The first-order valence-electron chi connectivity index (χ1n) is 8.25. The maximum Gasteiger partial charge on any atom is 0.274 e. The minimum atomic E-state index is -0.242. The molecule has 2 unspecified atom stereocenters. The zero-order valence-corrected chi connectivity index (χ0v) is 14.4. The first kappa shape index (κ1) is 15.6. The van der Waals surface area contributed by atoms with Crippen molar-refractivity contribution in [3.8, 4) is 0 Å². The van der Waals surface area contributed by atoms with Crippen molar-refractivity contribution < 1.29 is 9.53 Å². The highest BCUT2D eigenvalue weighted by Crippen LogP contribution is 2.36. The van der Waals surface area contributed by atoms with Gasteiger partial charge in [-0.25, -0.2) is 4.98 Å². The molecule has 2 aliphatic heterocycles. The average Bonchev–Trinajstić information content (AvgIpc) is 3.30. The van der Waals surface area contributed by atoms with Crippen LogP contribution in [0.2, 0.25) is 0 Å². The summed E-state index contributed by atoms with van der Waals surface area (Å²) in [6, 6.07) is 2.05. The van der Waals surface area contributed by atoms with Gasteiger partial charge in [-0.2, -0.15) is 5.10 Å². The lowest BCUT2D eigenvalue weighted by Gasteiger charge is -2.39. The van der Waals surface area contributed by atoms with Crippen LogP contribution in [-0.4, -0.2) is 57.3 Å². The number of rotatable bonds is 3. The van der Waals surface area contributed by atoms with E-state index in [4.69, 9.17) is 4.74 Å². The summed E-state index contributed by atoms with van der Waals surface area (Å²) in [4.78, 5) is 18.8. The number of nitrogens with one attached hydrogen (secondary N) is 2. The Morgan fingerprint density at radius 1 is 1.58 bits per heavy atom. The summed E-state index contributed by atoms with van der Waals surface area (Å²) in [5.41, 5.74) is 1.14. The molecule has 2 fully saturated rings. The van der Waals surface area contributed by atoms with Gasteiger partial charge in [-0.05, 0) is 25.8 Å². The SMILES string of the molecule is Cc1cc(C(=O)N2CCCC3(CC(Nc4nccs4)CO3)C2)n[nH]1. The summed E-state index contributed by atoms with van der Waals surface area (Å²) >= 11 is 1.60.